The highest BCUT2D eigenvalue weighted by molar-refractivity contribution is 5.36. The van der Waals surface area contributed by atoms with Gasteiger partial charge in [-0.25, -0.2) is 0 Å². The minimum atomic E-state index is -4.81. The second-order valence-corrected chi connectivity index (χ2v) is 5.21. The number of hydrogen-bond donors (Lipinski definition) is 2. The lowest BCUT2D eigenvalue weighted by atomic mass is 9.74. The molecule has 0 radical (unpaired) electrons. The average molecular weight is 305 g/mol. The summed E-state index contributed by atoms with van der Waals surface area (Å²) in [5.41, 5.74) is 5.04. The largest absolute Gasteiger partial charge is 0.573 e. The lowest BCUT2D eigenvalue weighted by Gasteiger charge is -2.40. The van der Waals surface area contributed by atoms with Crippen LogP contribution in [0.25, 0.3) is 0 Å². The minimum Gasteiger partial charge on any atom is -0.405 e. The van der Waals surface area contributed by atoms with Gasteiger partial charge in [-0.2, -0.15) is 0 Å². The van der Waals surface area contributed by atoms with Gasteiger partial charge >= 0.3 is 6.36 Å². The molecule has 1 aromatic carbocycles. The average Bonchev–Trinajstić information content (AvgIpc) is 2.46. The molecule has 0 saturated carbocycles. The monoisotopic (exact) mass is 305 g/mol. The third-order valence-corrected chi connectivity index (χ3v) is 3.78. The van der Waals surface area contributed by atoms with Gasteiger partial charge in [0.15, 0.2) is 0 Å². The third-order valence-electron chi connectivity index (χ3n) is 3.78. The number of halogens is 3. The molecule has 0 bridgehead atoms. The summed E-state index contributed by atoms with van der Waals surface area (Å²) in [6, 6.07) is 5.57. The molecule has 1 aliphatic rings. The topological polar surface area (TPSA) is 64.7 Å². The van der Waals surface area contributed by atoms with Gasteiger partial charge in [-0.05, 0) is 18.9 Å². The highest BCUT2D eigenvalue weighted by Crippen LogP contribution is 2.43. The lowest BCUT2D eigenvalue weighted by Crippen LogP contribution is -2.43. The molecule has 2 atom stereocenters. The first kappa shape index (κ1) is 16.1. The van der Waals surface area contributed by atoms with Crippen LogP contribution in [0.2, 0.25) is 0 Å². The van der Waals surface area contributed by atoms with Crippen molar-refractivity contribution in [1.29, 1.82) is 0 Å². The summed E-state index contributed by atoms with van der Waals surface area (Å²) in [5.74, 6) is -0.407. The van der Waals surface area contributed by atoms with Crippen LogP contribution in [0.4, 0.5) is 13.2 Å². The van der Waals surface area contributed by atoms with E-state index in [-0.39, 0.29) is 18.7 Å². The number of alkyl halides is 3. The Bertz CT molecular complexity index is 473. The number of para-hydroxylation sites is 1. The lowest BCUT2D eigenvalue weighted by molar-refractivity contribution is -0.275. The van der Waals surface area contributed by atoms with E-state index < -0.39 is 23.6 Å². The number of ether oxygens (including phenoxy) is 2. The Hall–Kier alpha value is -1.31. The van der Waals surface area contributed by atoms with E-state index in [9.17, 15) is 18.3 Å². The molecule has 1 fully saturated rings. The fourth-order valence-electron chi connectivity index (χ4n) is 2.62. The molecular formula is C14H18F3NO3. The summed E-state index contributed by atoms with van der Waals surface area (Å²) in [6.45, 7) is 0.898. The van der Waals surface area contributed by atoms with Crippen molar-refractivity contribution in [2.24, 2.45) is 11.1 Å². The van der Waals surface area contributed by atoms with Crippen molar-refractivity contribution >= 4 is 0 Å². The molecular weight excluding hydrogens is 287 g/mol. The van der Waals surface area contributed by atoms with E-state index in [1.165, 1.54) is 18.2 Å². The van der Waals surface area contributed by atoms with Crippen LogP contribution in [-0.2, 0) is 4.74 Å². The van der Waals surface area contributed by atoms with E-state index >= 15 is 0 Å². The zero-order valence-electron chi connectivity index (χ0n) is 11.4. The molecule has 3 N–H and O–H groups in total. The van der Waals surface area contributed by atoms with Gasteiger partial charge in [0.25, 0.3) is 0 Å². The van der Waals surface area contributed by atoms with Crippen molar-refractivity contribution in [3.05, 3.63) is 29.8 Å². The molecule has 1 heterocycles. The first-order chi connectivity index (χ1) is 9.88. The number of rotatable bonds is 4. The smallest absolute Gasteiger partial charge is 0.405 e. The highest BCUT2D eigenvalue weighted by atomic mass is 19.4. The van der Waals surface area contributed by atoms with Crippen LogP contribution in [0.15, 0.2) is 24.3 Å². The molecule has 1 aromatic rings. The van der Waals surface area contributed by atoms with Crippen LogP contribution < -0.4 is 10.5 Å². The molecule has 0 aromatic heterocycles. The molecule has 21 heavy (non-hydrogen) atoms. The predicted octanol–water partition coefficient (Wildman–Crippen LogP) is 2.37. The fraction of sp³-hybridized carbons (Fsp3) is 0.571. The Morgan fingerprint density at radius 3 is 2.67 bits per heavy atom. The van der Waals surface area contributed by atoms with E-state index in [1.54, 1.807) is 6.07 Å². The Morgan fingerprint density at radius 1 is 1.38 bits per heavy atom. The molecule has 118 valence electrons. The van der Waals surface area contributed by atoms with Crippen LogP contribution in [-0.4, -0.2) is 31.2 Å². The van der Waals surface area contributed by atoms with Crippen molar-refractivity contribution < 1.29 is 27.8 Å². The predicted molar refractivity (Wildman–Crippen MR) is 69.6 cm³/mol. The molecule has 7 heteroatoms. The van der Waals surface area contributed by atoms with E-state index in [4.69, 9.17) is 10.5 Å². The van der Waals surface area contributed by atoms with Gasteiger partial charge in [-0.3, -0.25) is 0 Å². The summed E-state index contributed by atoms with van der Waals surface area (Å²) >= 11 is 0. The molecule has 1 aliphatic heterocycles. The summed E-state index contributed by atoms with van der Waals surface area (Å²) in [7, 11) is 0. The zero-order chi connectivity index (χ0) is 15.5. The number of aliphatic hydroxyl groups is 1. The quantitative estimate of drug-likeness (QED) is 0.896. The molecule has 2 unspecified atom stereocenters. The van der Waals surface area contributed by atoms with Gasteiger partial charge in [0.05, 0.1) is 12.7 Å². The van der Waals surface area contributed by atoms with Crippen molar-refractivity contribution in [2.75, 3.05) is 19.8 Å². The maximum Gasteiger partial charge on any atom is 0.573 e. The SMILES string of the molecule is NCC1(C(O)c2ccccc2OC(F)(F)F)CCCOC1. The van der Waals surface area contributed by atoms with Gasteiger partial charge in [0.2, 0.25) is 0 Å². The van der Waals surface area contributed by atoms with Crippen molar-refractivity contribution in [1.82, 2.24) is 0 Å². The number of nitrogens with two attached hydrogens (primary N) is 1. The van der Waals surface area contributed by atoms with Crippen LogP contribution in [0.1, 0.15) is 24.5 Å². The Labute approximate surface area is 120 Å². The molecule has 0 spiro atoms. The van der Waals surface area contributed by atoms with E-state index in [2.05, 4.69) is 4.74 Å². The van der Waals surface area contributed by atoms with Crippen LogP contribution >= 0.6 is 0 Å². The summed E-state index contributed by atoms with van der Waals surface area (Å²) < 4.78 is 46.7. The molecule has 0 amide bonds. The molecule has 1 saturated heterocycles. The Morgan fingerprint density at radius 2 is 2.10 bits per heavy atom. The first-order valence-electron chi connectivity index (χ1n) is 6.68. The van der Waals surface area contributed by atoms with Crippen LogP contribution in [0, 0.1) is 5.41 Å². The first-order valence-corrected chi connectivity index (χ1v) is 6.68. The third kappa shape index (κ3) is 3.66. The Kier molecular flexibility index (Phi) is 4.75. The van der Waals surface area contributed by atoms with Crippen molar-refractivity contribution in [2.45, 2.75) is 25.3 Å². The van der Waals surface area contributed by atoms with Crippen molar-refractivity contribution in [3.63, 3.8) is 0 Å². The molecule has 4 nitrogen and oxygen atoms in total. The zero-order valence-corrected chi connectivity index (χ0v) is 11.4. The highest BCUT2D eigenvalue weighted by Gasteiger charge is 2.42. The normalized spacial score (nSPS) is 24.6. The van der Waals surface area contributed by atoms with Crippen LogP contribution in [0.3, 0.4) is 0 Å². The fourth-order valence-corrected chi connectivity index (χ4v) is 2.62. The summed E-state index contributed by atoms with van der Waals surface area (Å²) in [5, 5.41) is 10.6. The summed E-state index contributed by atoms with van der Waals surface area (Å²) in [4.78, 5) is 0. The van der Waals surface area contributed by atoms with Gasteiger partial charge in [0.1, 0.15) is 5.75 Å². The van der Waals surface area contributed by atoms with Crippen molar-refractivity contribution in [3.8, 4) is 5.75 Å². The van der Waals surface area contributed by atoms with Crippen LogP contribution in [0.5, 0.6) is 5.75 Å². The second-order valence-electron chi connectivity index (χ2n) is 5.21. The van der Waals surface area contributed by atoms with Gasteiger partial charge < -0.3 is 20.3 Å². The van der Waals surface area contributed by atoms with Gasteiger partial charge in [-0.1, -0.05) is 18.2 Å². The van der Waals surface area contributed by atoms with E-state index in [0.29, 0.717) is 19.4 Å². The minimum absolute atomic E-state index is 0.0748. The number of hydrogen-bond acceptors (Lipinski definition) is 4. The molecule has 0 aliphatic carbocycles. The maximum absolute atomic E-state index is 12.5. The summed E-state index contributed by atoms with van der Waals surface area (Å²) in [6.07, 6.45) is -4.70. The second kappa shape index (κ2) is 6.21. The molecule has 2 rings (SSSR count). The number of aliphatic hydroxyl groups excluding tert-OH is 1. The Balaban J connectivity index is 2.31. The maximum atomic E-state index is 12.5. The standard InChI is InChI=1S/C14H18F3NO3/c15-14(16,17)21-11-5-2-1-4-10(11)12(19)13(8-18)6-3-7-20-9-13/h1-2,4-5,12,19H,3,6-9,18H2. The van der Waals surface area contributed by atoms with E-state index in [1.807, 2.05) is 0 Å². The van der Waals surface area contributed by atoms with E-state index in [0.717, 1.165) is 0 Å². The number of benzene rings is 1. The van der Waals surface area contributed by atoms with Gasteiger partial charge in [-0.15, -0.1) is 13.2 Å². The van der Waals surface area contributed by atoms with Gasteiger partial charge in [0, 0.05) is 24.1 Å².